The predicted molar refractivity (Wildman–Crippen MR) is 150 cm³/mol. The number of amides is 1. The van der Waals surface area contributed by atoms with Crippen LogP contribution in [0.25, 0.3) is 22.0 Å². The van der Waals surface area contributed by atoms with Gasteiger partial charge in [0.25, 0.3) is 5.91 Å². The van der Waals surface area contributed by atoms with E-state index in [2.05, 4.69) is 44.1 Å². The second-order valence-electron chi connectivity index (χ2n) is 10.9. The Labute approximate surface area is 232 Å². The number of carboxylic acid groups (broad SMARTS) is 1. The van der Waals surface area contributed by atoms with Gasteiger partial charge in [0.1, 0.15) is 0 Å². The highest BCUT2D eigenvalue weighted by atomic mass is 16.5. The largest absolute Gasteiger partial charge is 0.481 e. The predicted octanol–water partition coefficient (Wildman–Crippen LogP) is 4.93. The lowest BCUT2D eigenvalue weighted by atomic mass is 9.50. The van der Waals surface area contributed by atoms with E-state index in [4.69, 9.17) is 9.47 Å². The van der Waals surface area contributed by atoms with Gasteiger partial charge in [-0.15, -0.1) is 0 Å². The highest BCUT2D eigenvalue weighted by molar-refractivity contribution is 6.07. The van der Waals surface area contributed by atoms with Crippen LogP contribution in [0.4, 0.5) is 0 Å². The first-order chi connectivity index (χ1) is 19.4. The summed E-state index contributed by atoms with van der Waals surface area (Å²) >= 11 is 0. The summed E-state index contributed by atoms with van der Waals surface area (Å²) in [5, 5.41) is 13.1. The standard InChI is InChI=1S/C31H32N4O5/c1-3-40-26-12-21(8-10-32-26)20-6-4-19(5-7-20)18-35-11-9-24-27(35)25(17-33-29(24)39-2)28(36)34-23-15-31(16-23)13-22(14-31)30(37)38/h4-12,17,22-23H,3,13-16,18H2,1-2H3,(H,34,36)(H,37,38). The monoisotopic (exact) mass is 540 g/mol. The first kappa shape index (κ1) is 25.9. The molecule has 206 valence electrons. The second-order valence-corrected chi connectivity index (χ2v) is 10.9. The van der Waals surface area contributed by atoms with Crippen molar-refractivity contribution in [1.29, 1.82) is 0 Å². The van der Waals surface area contributed by atoms with Gasteiger partial charge < -0.3 is 24.5 Å². The lowest BCUT2D eigenvalue weighted by molar-refractivity contribution is -0.155. The van der Waals surface area contributed by atoms with Gasteiger partial charge in [0, 0.05) is 37.2 Å². The Morgan fingerprint density at radius 2 is 1.85 bits per heavy atom. The molecule has 2 aliphatic rings. The summed E-state index contributed by atoms with van der Waals surface area (Å²) in [5.41, 5.74) is 4.53. The molecule has 3 heterocycles. The number of hydrogen-bond donors (Lipinski definition) is 2. The molecule has 3 aromatic heterocycles. The van der Waals surface area contributed by atoms with Crippen LogP contribution in [0.15, 0.2) is 61.1 Å². The molecule has 4 aromatic rings. The van der Waals surface area contributed by atoms with E-state index >= 15 is 0 Å². The fourth-order valence-electron chi connectivity index (χ4n) is 6.32. The van der Waals surface area contributed by atoms with Gasteiger partial charge in [-0.3, -0.25) is 9.59 Å². The molecule has 0 unspecified atom stereocenters. The first-order valence-electron chi connectivity index (χ1n) is 13.6. The van der Waals surface area contributed by atoms with Crippen LogP contribution < -0.4 is 14.8 Å². The van der Waals surface area contributed by atoms with E-state index in [1.165, 1.54) is 0 Å². The Morgan fingerprint density at radius 1 is 1.07 bits per heavy atom. The van der Waals surface area contributed by atoms with E-state index in [1.807, 2.05) is 31.3 Å². The van der Waals surface area contributed by atoms with Crippen LogP contribution in [-0.2, 0) is 11.3 Å². The Bertz CT molecular complexity index is 1560. The minimum Gasteiger partial charge on any atom is -0.481 e. The average Bonchev–Trinajstić information content (AvgIpc) is 3.33. The van der Waals surface area contributed by atoms with Crippen LogP contribution in [0, 0.1) is 11.3 Å². The number of fused-ring (bicyclic) bond motifs is 1. The number of methoxy groups -OCH3 is 1. The third kappa shape index (κ3) is 4.76. The molecule has 2 fully saturated rings. The van der Waals surface area contributed by atoms with Crippen molar-refractivity contribution in [3.05, 3.63) is 72.2 Å². The normalized spacial score (nSPS) is 21.4. The highest BCUT2D eigenvalue weighted by Crippen LogP contribution is 2.58. The van der Waals surface area contributed by atoms with Gasteiger partial charge in [0.2, 0.25) is 11.8 Å². The van der Waals surface area contributed by atoms with E-state index in [1.54, 1.807) is 19.5 Å². The molecule has 2 N–H and O–H groups in total. The van der Waals surface area contributed by atoms with Gasteiger partial charge in [-0.05, 0) is 66.8 Å². The Morgan fingerprint density at radius 3 is 2.55 bits per heavy atom. The van der Waals surface area contributed by atoms with E-state index in [9.17, 15) is 14.7 Å². The van der Waals surface area contributed by atoms with Crippen molar-refractivity contribution in [2.75, 3.05) is 13.7 Å². The molecule has 1 amide bonds. The van der Waals surface area contributed by atoms with Crippen molar-refractivity contribution < 1.29 is 24.2 Å². The van der Waals surface area contributed by atoms with Crippen LogP contribution in [0.1, 0.15) is 48.5 Å². The van der Waals surface area contributed by atoms with Crippen LogP contribution in [0.3, 0.4) is 0 Å². The van der Waals surface area contributed by atoms with Gasteiger partial charge in [0.05, 0.1) is 36.1 Å². The van der Waals surface area contributed by atoms with Gasteiger partial charge >= 0.3 is 5.97 Å². The number of nitrogens with one attached hydrogen (secondary N) is 1. The number of pyridine rings is 2. The van der Waals surface area contributed by atoms with E-state index in [-0.39, 0.29) is 23.3 Å². The molecule has 40 heavy (non-hydrogen) atoms. The van der Waals surface area contributed by atoms with Gasteiger partial charge in [0.15, 0.2) is 0 Å². The van der Waals surface area contributed by atoms with Crippen molar-refractivity contribution in [1.82, 2.24) is 19.9 Å². The summed E-state index contributed by atoms with van der Waals surface area (Å²) in [4.78, 5) is 33.2. The molecular formula is C31H32N4O5. The lowest BCUT2D eigenvalue weighted by Crippen LogP contribution is -2.57. The third-order valence-corrected chi connectivity index (χ3v) is 8.27. The second kappa shape index (κ2) is 10.3. The molecule has 6 rings (SSSR count). The molecule has 2 aliphatic carbocycles. The zero-order chi connectivity index (χ0) is 27.9. The average molecular weight is 541 g/mol. The number of carboxylic acids is 1. The zero-order valence-corrected chi connectivity index (χ0v) is 22.6. The van der Waals surface area contributed by atoms with Crippen molar-refractivity contribution in [2.24, 2.45) is 11.3 Å². The summed E-state index contributed by atoms with van der Waals surface area (Å²) in [6.45, 7) is 3.07. The van der Waals surface area contributed by atoms with Crippen molar-refractivity contribution in [3.8, 4) is 22.9 Å². The fraction of sp³-hybridized carbons (Fsp3) is 0.355. The number of benzene rings is 1. The van der Waals surface area contributed by atoms with Gasteiger partial charge in [-0.25, -0.2) is 9.97 Å². The molecule has 0 atom stereocenters. The number of nitrogens with zero attached hydrogens (tertiary/aromatic N) is 3. The number of hydrogen-bond acceptors (Lipinski definition) is 6. The van der Waals surface area contributed by atoms with Crippen LogP contribution >= 0.6 is 0 Å². The van der Waals surface area contributed by atoms with E-state index in [0.717, 1.165) is 40.4 Å². The summed E-state index contributed by atoms with van der Waals surface area (Å²) < 4.78 is 13.1. The Balaban J connectivity index is 1.20. The SMILES string of the molecule is CCOc1cc(-c2ccc(Cn3ccc4c(OC)ncc(C(=O)NC5CC6(C5)CC(C(=O)O)C6)c43)cc2)ccn1. The number of ether oxygens (including phenoxy) is 2. The Kier molecular flexibility index (Phi) is 6.65. The number of carbonyl (C=O) groups excluding carboxylic acids is 1. The first-order valence-corrected chi connectivity index (χ1v) is 13.6. The molecule has 9 heteroatoms. The summed E-state index contributed by atoms with van der Waals surface area (Å²) in [5.74, 6) is -0.0529. The summed E-state index contributed by atoms with van der Waals surface area (Å²) in [7, 11) is 1.57. The maximum atomic E-state index is 13.4. The molecule has 9 nitrogen and oxygen atoms in total. The van der Waals surface area contributed by atoms with Crippen LogP contribution in [0.5, 0.6) is 11.8 Å². The highest BCUT2D eigenvalue weighted by Gasteiger charge is 2.55. The number of carbonyl (C=O) groups is 2. The molecule has 0 saturated heterocycles. The topological polar surface area (TPSA) is 116 Å². The van der Waals surface area contributed by atoms with Gasteiger partial charge in [-0.2, -0.15) is 0 Å². The van der Waals surface area contributed by atoms with E-state index in [0.29, 0.717) is 43.3 Å². The third-order valence-electron chi connectivity index (χ3n) is 8.27. The summed E-state index contributed by atoms with van der Waals surface area (Å²) in [6.07, 6.45) is 8.34. The smallest absolute Gasteiger partial charge is 0.306 e. The minimum atomic E-state index is -0.715. The fourth-order valence-corrected chi connectivity index (χ4v) is 6.32. The zero-order valence-electron chi connectivity index (χ0n) is 22.6. The molecule has 1 aromatic carbocycles. The summed E-state index contributed by atoms with van der Waals surface area (Å²) in [6, 6.07) is 14.2. The maximum Gasteiger partial charge on any atom is 0.306 e. The van der Waals surface area contributed by atoms with Crippen molar-refractivity contribution in [3.63, 3.8) is 0 Å². The Hall–Kier alpha value is -4.40. The van der Waals surface area contributed by atoms with Crippen LogP contribution in [0.2, 0.25) is 0 Å². The number of aliphatic carboxylic acids is 1. The molecule has 0 radical (unpaired) electrons. The molecule has 0 aliphatic heterocycles. The van der Waals surface area contributed by atoms with E-state index < -0.39 is 5.97 Å². The quantitative estimate of drug-likeness (QED) is 0.309. The molecule has 2 saturated carbocycles. The molecule has 1 spiro atoms. The molecular weight excluding hydrogens is 508 g/mol. The van der Waals surface area contributed by atoms with Crippen molar-refractivity contribution >= 4 is 22.8 Å². The minimum absolute atomic E-state index is 0.0479. The lowest BCUT2D eigenvalue weighted by Gasteiger charge is -2.56. The number of aromatic nitrogens is 3. The number of rotatable bonds is 9. The van der Waals surface area contributed by atoms with Gasteiger partial charge in [-0.1, -0.05) is 24.3 Å². The molecule has 0 bridgehead atoms. The van der Waals surface area contributed by atoms with Crippen molar-refractivity contribution in [2.45, 2.75) is 45.2 Å². The maximum absolute atomic E-state index is 13.4. The van der Waals surface area contributed by atoms with Crippen LogP contribution in [-0.4, -0.2) is 51.3 Å².